The third-order valence-corrected chi connectivity index (χ3v) is 4.80. The Bertz CT molecular complexity index is 758. The summed E-state index contributed by atoms with van der Waals surface area (Å²) in [5.74, 6) is 0.387. The van der Waals surface area contributed by atoms with Crippen LogP contribution in [-0.4, -0.2) is 36.8 Å². The highest BCUT2D eigenvalue weighted by atomic mass is 35.5. The van der Waals surface area contributed by atoms with Crippen LogP contribution in [0, 0.1) is 12.8 Å². The lowest BCUT2D eigenvalue weighted by Gasteiger charge is -2.22. The molecule has 3 unspecified atom stereocenters. The molecule has 2 aromatic rings. The van der Waals surface area contributed by atoms with Crippen molar-refractivity contribution in [2.75, 3.05) is 19.6 Å². The van der Waals surface area contributed by atoms with Crippen molar-refractivity contribution in [2.45, 2.75) is 19.1 Å². The lowest BCUT2D eigenvalue weighted by atomic mass is 10.1. The fourth-order valence-electron chi connectivity index (χ4n) is 3.02. The van der Waals surface area contributed by atoms with Crippen molar-refractivity contribution < 1.29 is 14.6 Å². The zero-order valence-corrected chi connectivity index (χ0v) is 16.6. The second-order valence-corrected chi connectivity index (χ2v) is 6.99. The number of rotatable bonds is 6. The molecule has 7 heteroatoms. The monoisotopic (exact) mass is 410 g/mol. The number of carbonyl (C=O) groups is 1. The van der Waals surface area contributed by atoms with Crippen molar-refractivity contribution in [3.8, 4) is 5.75 Å². The molecular formula is C20H24Cl2N2O3. The summed E-state index contributed by atoms with van der Waals surface area (Å²) in [4.78, 5) is 12.8. The number of aliphatic hydroxyl groups excluding tert-OH is 1. The SMILES string of the molecule is Cc1cc(Cl)ccc1OC(C(=O)NCC1CNCC1O)c1ccccc1.Cl. The van der Waals surface area contributed by atoms with Crippen LogP contribution < -0.4 is 15.4 Å². The van der Waals surface area contributed by atoms with Crippen molar-refractivity contribution >= 4 is 29.9 Å². The summed E-state index contributed by atoms with van der Waals surface area (Å²) < 4.78 is 6.04. The number of ether oxygens (including phenoxy) is 1. The van der Waals surface area contributed by atoms with Gasteiger partial charge in [0, 0.05) is 36.1 Å². The number of β-amino-alcohol motifs (C(OH)–C–C–N with tert-alkyl or cyclic N) is 1. The number of aryl methyl sites for hydroxylation is 1. The summed E-state index contributed by atoms with van der Waals surface area (Å²) in [6.45, 7) is 3.54. The quantitative estimate of drug-likeness (QED) is 0.684. The van der Waals surface area contributed by atoms with Crippen LogP contribution in [0.5, 0.6) is 5.75 Å². The van der Waals surface area contributed by atoms with Gasteiger partial charge in [0.25, 0.3) is 5.91 Å². The van der Waals surface area contributed by atoms with Gasteiger partial charge in [0.05, 0.1) is 6.10 Å². The van der Waals surface area contributed by atoms with Crippen LogP contribution in [0.4, 0.5) is 0 Å². The van der Waals surface area contributed by atoms with E-state index in [1.165, 1.54) is 0 Å². The Morgan fingerprint density at radius 3 is 2.67 bits per heavy atom. The van der Waals surface area contributed by atoms with E-state index in [4.69, 9.17) is 16.3 Å². The molecule has 3 rings (SSSR count). The summed E-state index contributed by atoms with van der Waals surface area (Å²) in [5, 5.41) is 16.5. The van der Waals surface area contributed by atoms with Crippen LogP contribution in [0.2, 0.25) is 5.02 Å². The molecule has 146 valence electrons. The molecule has 1 heterocycles. The number of carbonyl (C=O) groups excluding carboxylic acids is 1. The predicted molar refractivity (Wildman–Crippen MR) is 109 cm³/mol. The molecule has 0 aliphatic carbocycles. The Hall–Kier alpha value is -1.79. The molecule has 1 fully saturated rings. The van der Waals surface area contributed by atoms with Crippen LogP contribution in [0.3, 0.4) is 0 Å². The van der Waals surface area contributed by atoms with E-state index in [0.29, 0.717) is 30.4 Å². The number of halogens is 2. The Morgan fingerprint density at radius 2 is 2.04 bits per heavy atom. The van der Waals surface area contributed by atoms with E-state index in [-0.39, 0.29) is 24.2 Å². The van der Waals surface area contributed by atoms with Gasteiger partial charge in [-0.2, -0.15) is 0 Å². The summed E-state index contributed by atoms with van der Waals surface area (Å²) in [5.41, 5.74) is 1.63. The average molecular weight is 411 g/mol. The van der Waals surface area contributed by atoms with Gasteiger partial charge >= 0.3 is 0 Å². The van der Waals surface area contributed by atoms with Crippen LogP contribution in [0.15, 0.2) is 48.5 Å². The van der Waals surface area contributed by atoms with E-state index in [1.807, 2.05) is 37.3 Å². The molecule has 1 amide bonds. The zero-order valence-electron chi connectivity index (χ0n) is 15.0. The number of hydrogen-bond acceptors (Lipinski definition) is 4. The second-order valence-electron chi connectivity index (χ2n) is 6.55. The standard InChI is InChI=1S/C20H23ClN2O3.ClH/c1-13-9-16(21)7-8-18(13)26-19(14-5-3-2-4-6-14)20(25)23-11-15-10-22-12-17(15)24;/h2-9,15,17,19,22,24H,10-12H2,1H3,(H,23,25);1H. The van der Waals surface area contributed by atoms with Gasteiger partial charge in [0.2, 0.25) is 6.10 Å². The van der Waals surface area contributed by atoms with E-state index in [2.05, 4.69) is 10.6 Å². The first-order valence-corrected chi connectivity index (χ1v) is 9.06. The number of amides is 1. The molecule has 0 radical (unpaired) electrons. The number of hydrogen-bond donors (Lipinski definition) is 3. The van der Waals surface area contributed by atoms with E-state index >= 15 is 0 Å². The van der Waals surface area contributed by atoms with Crippen molar-refractivity contribution in [3.63, 3.8) is 0 Å². The van der Waals surface area contributed by atoms with Gasteiger partial charge in [-0.25, -0.2) is 0 Å². The molecule has 0 aromatic heterocycles. The number of benzene rings is 2. The molecule has 5 nitrogen and oxygen atoms in total. The third-order valence-electron chi connectivity index (χ3n) is 4.56. The first-order valence-electron chi connectivity index (χ1n) is 8.69. The van der Waals surface area contributed by atoms with Gasteiger partial charge in [0.15, 0.2) is 0 Å². The average Bonchev–Trinajstić information content (AvgIpc) is 3.05. The zero-order chi connectivity index (χ0) is 18.5. The molecule has 0 bridgehead atoms. The number of aliphatic hydroxyl groups is 1. The van der Waals surface area contributed by atoms with Crippen LogP contribution in [0.1, 0.15) is 17.2 Å². The maximum Gasteiger partial charge on any atom is 0.265 e. The summed E-state index contributed by atoms with van der Waals surface area (Å²) in [6, 6.07) is 14.7. The van der Waals surface area contributed by atoms with Crippen LogP contribution in [0.25, 0.3) is 0 Å². The van der Waals surface area contributed by atoms with Crippen molar-refractivity contribution in [2.24, 2.45) is 5.92 Å². The first kappa shape index (κ1) is 21.5. The highest BCUT2D eigenvalue weighted by molar-refractivity contribution is 6.30. The predicted octanol–water partition coefficient (Wildman–Crippen LogP) is 2.89. The highest BCUT2D eigenvalue weighted by Crippen LogP contribution is 2.27. The Kier molecular flexibility index (Phi) is 7.92. The topological polar surface area (TPSA) is 70.6 Å². The normalized spacial score (nSPS) is 19.8. The number of nitrogens with one attached hydrogen (secondary N) is 2. The van der Waals surface area contributed by atoms with Gasteiger partial charge in [-0.3, -0.25) is 4.79 Å². The minimum absolute atomic E-state index is 0. The van der Waals surface area contributed by atoms with Gasteiger partial charge in [-0.1, -0.05) is 41.9 Å². The maximum atomic E-state index is 12.8. The van der Waals surface area contributed by atoms with Crippen LogP contribution in [-0.2, 0) is 4.79 Å². The van der Waals surface area contributed by atoms with E-state index < -0.39 is 12.2 Å². The first-order chi connectivity index (χ1) is 12.5. The van der Waals surface area contributed by atoms with Crippen LogP contribution >= 0.6 is 24.0 Å². The second kappa shape index (κ2) is 9.95. The summed E-state index contributed by atoms with van der Waals surface area (Å²) in [6.07, 6.45) is -1.22. The van der Waals surface area contributed by atoms with E-state index in [9.17, 15) is 9.90 Å². The van der Waals surface area contributed by atoms with Gasteiger partial charge in [0.1, 0.15) is 5.75 Å². The van der Waals surface area contributed by atoms with Crippen molar-refractivity contribution in [3.05, 3.63) is 64.7 Å². The van der Waals surface area contributed by atoms with Crippen molar-refractivity contribution in [1.82, 2.24) is 10.6 Å². The van der Waals surface area contributed by atoms with E-state index in [0.717, 1.165) is 11.1 Å². The Labute approximate surface area is 170 Å². The Morgan fingerprint density at radius 1 is 1.30 bits per heavy atom. The fourth-order valence-corrected chi connectivity index (χ4v) is 3.25. The van der Waals surface area contributed by atoms with Gasteiger partial charge in [-0.15, -0.1) is 12.4 Å². The lowest BCUT2D eigenvalue weighted by molar-refractivity contribution is -0.128. The Balaban J connectivity index is 0.00000261. The molecule has 0 spiro atoms. The molecule has 1 aliphatic heterocycles. The van der Waals surface area contributed by atoms with Crippen molar-refractivity contribution in [1.29, 1.82) is 0 Å². The third kappa shape index (κ3) is 5.59. The molecule has 1 aliphatic rings. The molecule has 0 saturated carbocycles. The summed E-state index contributed by atoms with van der Waals surface area (Å²) in [7, 11) is 0. The molecule has 3 N–H and O–H groups in total. The summed E-state index contributed by atoms with van der Waals surface area (Å²) >= 11 is 6.00. The fraction of sp³-hybridized carbons (Fsp3) is 0.350. The molecule has 3 atom stereocenters. The maximum absolute atomic E-state index is 12.8. The van der Waals surface area contributed by atoms with Gasteiger partial charge < -0.3 is 20.5 Å². The molecule has 2 aromatic carbocycles. The van der Waals surface area contributed by atoms with E-state index in [1.54, 1.807) is 18.2 Å². The minimum Gasteiger partial charge on any atom is -0.476 e. The van der Waals surface area contributed by atoms with Gasteiger partial charge in [-0.05, 0) is 30.7 Å². The largest absolute Gasteiger partial charge is 0.476 e. The minimum atomic E-state index is -0.775. The molecule has 1 saturated heterocycles. The smallest absolute Gasteiger partial charge is 0.265 e. The molecular weight excluding hydrogens is 387 g/mol. The molecule has 27 heavy (non-hydrogen) atoms. The lowest BCUT2D eigenvalue weighted by Crippen LogP contribution is -2.38. The highest BCUT2D eigenvalue weighted by Gasteiger charge is 2.28.